The zero-order valence-corrected chi connectivity index (χ0v) is 11.9. The molecule has 0 saturated heterocycles. The molecule has 0 aliphatic carbocycles. The maximum absolute atomic E-state index is 5.62. The molecule has 0 unspecified atom stereocenters. The molecule has 2 aromatic rings. The lowest BCUT2D eigenvalue weighted by Crippen LogP contribution is -2.09. The Labute approximate surface area is 117 Å². The first-order chi connectivity index (χ1) is 9.62. The Bertz CT molecular complexity index is 581. The van der Waals surface area contributed by atoms with Crippen molar-refractivity contribution in [1.29, 1.82) is 0 Å². The van der Waals surface area contributed by atoms with Crippen LogP contribution in [-0.4, -0.2) is 31.3 Å². The number of hydrogen-bond donors (Lipinski definition) is 2. The average Bonchev–Trinajstić information content (AvgIpc) is 2.76. The minimum Gasteiger partial charge on any atom is -0.464 e. The van der Waals surface area contributed by atoms with Crippen molar-refractivity contribution in [2.75, 3.05) is 17.7 Å². The minimum absolute atomic E-state index is 0.132. The SMILES string of the molecule is CCOc1nc(N)nc(NCc2cn(C)nc2CC)n1. The van der Waals surface area contributed by atoms with Crippen molar-refractivity contribution in [3.63, 3.8) is 0 Å². The number of nitrogen functional groups attached to an aromatic ring is 1. The summed E-state index contributed by atoms with van der Waals surface area (Å²) in [6.07, 6.45) is 2.85. The molecule has 0 atom stereocenters. The van der Waals surface area contributed by atoms with E-state index in [4.69, 9.17) is 10.5 Å². The average molecular weight is 277 g/mol. The van der Waals surface area contributed by atoms with Crippen molar-refractivity contribution in [1.82, 2.24) is 24.7 Å². The van der Waals surface area contributed by atoms with Crippen LogP contribution in [-0.2, 0) is 20.0 Å². The molecule has 3 N–H and O–H groups in total. The molecule has 0 aliphatic heterocycles. The lowest BCUT2D eigenvalue weighted by molar-refractivity contribution is 0.312. The summed E-state index contributed by atoms with van der Waals surface area (Å²) < 4.78 is 7.02. The summed E-state index contributed by atoms with van der Waals surface area (Å²) in [7, 11) is 1.90. The van der Waals surface area contributed by atoms with Gasteiger partial charge in [0.2, 0.25) is 11.9 Å². The van der Waals surface area contributed by atoms with Crippen LogP contribution in [0.5, 0.6) is 6.01 Å². The van der Waals surface area contributed by atoms with Crippen LogP contribution < -0.4 is 15.8 Å². The van der Waals surface area contributed by atoms with Crippen LogP contribution in [0.25, 0.3) is 0 Å². The number of anilines is 2. The highest BCUT2D eigenvalue weighted by atomic mass is 16.5. The van der Waals surface area contributed by atoms with Crippen LogP contribution >= 0.6 is 0 Å². The van der Waals surface area contributed by atoms with Gasteiger partial charge in [-0.2, -0.15) is 20.1 Å². The van der Waals surface area contributed by atoms with Crippen molar-refractivity contribution in [3.05, 3.63) is 17.5 Å². The largest absolute Gasteiger partial charge is 0.464 e. The monoisotopic (exact) mass is 277 g/mol. The molecule has 0 spiro atoms. The molecule has 2 aromatic heterocycles. The first kappa shape index (κ1) is 14.0. The van der Waals surface area contributed by atoms with E-state index in [1.807, 2.05) is 20.2 Å². The second kappa shape index (κ2) is 6.18. The Balaban J connectivity index is 2.10. The third-order valence-corrected chi connectivity index (χ3v) is 2.67. The molecule has 0 aliphatic rings. The molecule has 0 radical (unpaired) electrons. The van der Waals surface area contributed by atoms with Gasteiger partial charge in [-0.25, -0.2) is 0 Å². The van der Waals surface area contributed by atoms with Crippen LogP contribution in [0.2, 0.25) is 0 Å². The van der Waals surface area contributed by atoms with Gasteiger partial charge < -0.3 is 15.8 Å². The Kier molecular flexibility index (Phi) is 4.34. The Morgan fingerprint density at radius 1 is 1.30 bits per heavy atom. The lowest BCUT2D eigenvalue weighted by atomic mass is 10.2. The molecule has 2 rings (SSSR count). The van der Waals surface area contributed by atoms with E-state index in [-0.39, 0.29) is 12.0 Å². The normalized spacial score (nSPS) is 10.6. The van der Waals surface area contributed by atoms with Crippen LogP contribution in [0.3, 0.4) is 0 Å². The number of aromatic nitrogens is 5. The van der Waals surface area contributed by atoms with E-state index in [1.54, 1.807) is 4.68 Å². The van der Waals surface area contributed by atoms with Gasteiger partial charge in [0.1, 0.15) is 0 Å². The fourth-order valence-corrected chi connectivity index (χ4v) is 1.85. The van der Waals surface area contributed by atoms with E-state index in [2.05, 4.69) is 32.3 Å². The van der Waals surface area contributed by atoms with Gasteiger partial charge in [-0.05, 0) is 13.3 Å². The third-order valence-electron chi connectivity index (χ3n) is 2.67. The van der Waals surface area contributed by atoms with Crippen molar-refractivity contribution in [2.24, 2.45) is 7.05 Å². The van der Waals surface area contributed by atoms with Crippen LogP contribution in [0, 0.1) is 0 Å². The summed E-state index contributed by atoms with van der Waals surface area (Å²) in [5, 5.41) is 7.49. The number of nitrogens with two attached hydrogens (primary N) is 1. The Morgan fingerprint density at radius 3 is 2.80 bits per heavy atom. The smallest absolute Gasteiger partial charge is 0.323 e. The molecule has 0 saturated carbocycles. The molecular formula is C12H19N7O. The van der Waals surface area contributed by atoms with Crippen molar-refractivity contribution >= 4 is 11.9 Å². The number of nitrogens with one attached hydrogen (secondary N) is 1. The Morgan fingerprint density at radius 2 is 2.10 bits per heavy atom. The van der Waals surface area contributed by atoms with Gasteiger partial charge in [0.05, 0.1) is 12.3 Å². The van der Waals surface area contributed by atoms with Crippen LogP contribution in [0.4, 0.5) is 11.9 Å². The summed E-state index contributed by atoms with van der Waals surface area (Å²) in [6, 6.07) is 0.226. The summed E-state index contributed by atoms with van der Waals surface area (Å²) in [5.41, 5.74) is 7.77. The molecule has 108 valence electrons. The lowest BCUT2D eigenvalue weighted by Gasteiger charge is -2.07. The molecule has 8 heteroatoms. The second-order valence-corrected chi connectivity index (χ2v) is 4.21. The van der Waals surface area contributed by atoms with E-state index in [0.717, 1.165) is 17.7 Å². The van der Waals surface area contributed by atoms with Crippen molar-refractivity contribution in [2.45, 2.75) is 26.8 Å². The summed E-state index contributed by atoms with van der Waals surface area (Å²) in [5.74, 6) is 0.528. The summed E-state index contributed by atoms with van der Waals surface area (Å²) in [6.45, 7) is 4.98. The summed E-state index contributed by atoms with van der Waals surface area (Å²) >= 11 is 0. The van der Waals surface area contributed by atoms with E-state index >= 15 is 0 Å². The van der Waals surface area contributed by atoms with E-state index < -0.39 is 0 Å². The fraction of sp³-hybridized carbons (Fsp3) is 0.500. The molecule has 0 bridgehead atoms. The van der Waals surface area contributed by atoms with E-state index in [0.29, 0.717) is 19.1 Å². The van der Waals surface area contributed by atoms with Gasteiger partial charge in [0.25, 0.3) is 0 Å². The topological polar surface area (TPSA) is 104 Å². The molecule has 0 amide bonds. The molecule has 0 aromatic carbocycles. The molecule has 20 heavy (non-hydrogen) atoms. The Hall–Kier alpha value is -2.38. The van der Waals surface area contributed by atoms with E-state index in [1.165, 1.54) is 0 Å². The molecule has 0 fully saturated rings. The third kappa shape index (κ3) is 3.34. The number of aryl methyl sites for hydroxylation is 2. The maximum Gasteiger partial charge on any atom is 0.323 e. The second-order valence-electron chi connectivity index (χ2n) is 4.21. The number of hydrogen-bond acceptors (Lipinski definition) is 7. The first-order valence-corrected chi connectivity index (χ1v) is 6.52. The molecule has 2 heterocycles. The maximum atomic E-state index is 5.62. The van der Waals surface area contributed by atoms with Gasteiger partial charge in [0, 0.05) is 25.4 Å². The highest BCUT2D eigenvalue weighted by Crippen LogP contribution is 2.12. The predicted molar refractivity (Wildman–Crippen MR) is 75.3 cm³/mol. The van der Waals surface area contributed by atoms with Crippen molar-refractivity contribution in [3.8, 4) is 6.01 Å². The number of ether oxygens (including phenoxy) is 1. The number of rotatable bonds is 6. The van der Waals surface area contributed by atoms with Crippen LogP contribution in [0.15, 0.2) is 6.20 Å². The zero-order chi connectivity index (χ0) is 14.5. The fourth-order valence-electron chi connectivity index (χ4n) is 1.85. The van der Waals surface area contributed by atoms with Gasteiger partial charge in [-0.1, -0.05) is 6.92 Å². The molecule has 8 nitrogen and oxygen atoms in total. The van der Waals surface area contributed by atoms with Gasteiger partial charge in [-0.3, -0.25) is 4.68 Å². The van der Waals surface area contributed by atoms with Crippen molar-refractivity contribution < 1.29 is 4.74 Å². The highest BCUT2D eigenvalue weighted by Gasteiger charge is 2.08. The van der Waals surface area contributed by atoms with E-state index in [9.17, 15) is 0 Å². The number of nitrogens with zero attached hydrogens (tertiary/aromatic N) is 5. The predicted octanol–water partition coefficient (Wildman–Crippen LogP) is 0.760. The van der Waals surface area contributed by atoms with Gasteiger partial charge >= 0.3 is 6.01 Å². The van der Waals surface area contributed by atoms with Gasteiger partial charge in [-0.15, -0.1) is 0 Å². The summed E-state index contributed by atoms with van der Waals surface area (Å²) in [4.78, 5) is 12.1. The minimum atomic E-state index is 0.132. The molecular weight excluding hydrogens is 258 g/mol. The van der Waals surface area contributed by atoms with Gasteiger partial charge in [0.15, 0.2) is 0 Å². The quantitative estimate of drug-likeness (QED) is 0.803. The standard InChI is InChI=1S/C12H19N7O/c1-4-9-8(7-19(3)18-9)6-14-11-15-10(13)16-12(17-11)20-5-2/h7H,4-6H2,1-3H3,(H3,13,14,15,16,17). The van der Waals surface area contributed by atoms with Crippen LogP contribution in [0.1, 0.15) is 25.1 Å². The first-order valence-electron chi connectivity index (χ1n) is 6.52. The highest BCUT2D eigenvalue weighted by molar-refractivity contribution is 5.34. The zero-order valence-electron chi connectivity index (χ0n) is 11.9.